The first-order valence-electron chi connectivity index (χ1n) is 5.49. The lowest BCUT2D eigenvalue weighted by Crippen LogP contribution is -2.05. The van der Waals surface area contributed by atoms with Crippen LogP contribution < -0.4 is 5.73 Å². The molecule has 0 bridgehead atoms. The third-order valence-electron chi connectivity index (χ3n) is 2.52. The SMILES string of the molecule is Nc1cc(F)ccc1S(=O)CCc1cccnc1. The van der Waals surface area contributed by atoms with Gasteiger partial charge in [0.1, 0.15) is 5.82 Å². The number of anilines is 1. The van der Waals surface area contributed by atoms with E-state index in [-0.39, 0.29) is 5.69 Å². The molecule has 0 amide bonds. The average Bonchev–Trinajstić information content (AvgIpc) is 2.37. The molecule has 1 unspecified atom stereocenters. The molecular formula is C13H13FN2OS. The van der Waals surface area contributed by atoms with Crippen molar-refractivity contribution in [3.63, 3.8) is 0 Å². The second kappa shape index (κ2) is 5.73. The van der Waals surface area contributed by atoms with Crippen LogP contribution in [-0.2, 0) is 17.2 Å². The highest BCUT2D eigenvalue weighted by Gasteiger charge is 2.09. The van der Waals surface area contributed by atoms with E-state index >= 15 is 0 Å². The normalized spacial score (nSPS) is 12.3. The molecule has 0 saturated carbocycles. The fourth-order valence-electron chi connectivity index (χ4n) is 1.59. The van der Waals surface area contributed by atoms with Gasteiger partial charge in [0.25, 0.3) is 0 Å². The zero-order valence-electron chi connectivity index (χ0n) is 9.67. The molecule has 0 saturated heterocycles. The molecule has 0 fully saturated rings. The fraction of sp³-hybridized carbons (Fsp3) is 0.154. The molecule has 0 aliphatic rings. The van der Waals surface area contributed by atoms with Crippen LogP contribution in [0.25, 0.3) is 0 Å². The van der Waals surface area contributed by atoms with Gasteiger partial charge in [-0.3, -0.25) is 9.19 Å². The highest BCUT2D eigenvalue weighted by atomic mass is 32.2. The van der Waals surface area contributed by atoms with Gasteiger partial charge < -0.3 is 5.73 Å². The van der Waals surface area contributed by atoms with Gasteiger partial charge in [-0.05, 0) is 36.2 Å². The van der Waals surface area contributed by atoms with E-state index in [9.17, 15) is 8.60 Å². The van der Waals surface area contributed by atoms with Crippen molar-refractivity contribution in [3.8, 4) is 0 Å². The van der Waals surface area contributed by atoms with Gasteiger partial charge >= 0.3 is 0 Å². The molecule has 1 aromatic heterocycles. The third-order valence-corrected chi connectivity index (χ3v) is 3.95. The molecule has 2 rings (SSSR count). The van der Waals surface area contributed by atoms with E-state index in [0.29, 0.717) is 17.1 Å². The van der Waals surface area contributed by atoms with Crippen molar-refractivity contribution < 1.29 is 8.60 Å². The standard InChI is InChI=1S/C13H13FN2OS/c14-11-3-4-13(12(15)8-11)18(17)7-5-10-2-1-6-16-9-10/h1-4,6,8-9H,5,7,15H2. The second-order valence-corrected chi connectivity index (χ2v) is 5.38. The van der Waals surface area contributed by atoms with Crippen LogP contribution >= 0.6 is 0 Å². The van der Waals surface area contributed by atoms with Gasteiger partial charge in [-0.1, -0.05) is 6.07 Å². The monoisotopic (exact) mass is 264 g/mol. The van der Waals surface area contributed by atoms with Gasteiger partial charge in [0.2, 0.25) is 0 Å². The Morgan fingerprint density at radius 1 is 1.33 bits per heavy atom. The van der Waals surface area contributed by atoms with E-state index in [1.807, 2.05) is 12.1 Å². The summed E-state index contributed by atoms with van der Waals surface area (Å²) in [5.74, 6) is 0.0298. The summed E-state index contributed by atoms with van der Waals surface area (Å²) >= 11 is 0. The molecule has 0 radical (unpaired) electrons. The Morgan fingerprint density at radius 3 is 2.83 bits per heavy atom. The highest BCUT2D eigenvalue weighted by molar-refractivity contribution is 7.85. The number of hydrogen-bond acceptors (Lipinski definition) is 3. The van der Waals surface area contributed by atoms with Crippen molar-refractivity contribution in [1.82, 2.24) is 4.98 Å². The van der Waals surface area contributed by atoms with Crippen molar-refractivity contribution in [3.05, 3.63) is 54.1 Å². The smallest absolute Gasteiger partial charge is 0.125 e. The third kappa shape index (κ3) is 3.13. The van der Waals surface area contributed by atoms with Crippen molar-refractivity contribution >= 4 is 16.5 Å². The molecule has 5 heteroatoms. The number of pyridine rings is 1. The van der Waals surface area contributed by atoms with Crippen LogP contribution in [0.2, 0.25) is 0 Å². The van der Waals surface area contributed by atoms with Crippen molar-refractivity contribution in [2.75, 3.05) is 11.5 Å². The fourth-order valence-corrected chi connectivity index (χ4v) is 2.78. The number of halogens is 1. The summed E-state index contributed by atoms with van der Waals surface area (Å²) in [6.07, 6.45) is 4.08. The minimum Gasteiger partial charge on any atom is -0.398 e. The number of nitrogens with two attached hydrogens (primary N) is 1. The number of nitrogen functional groups attached to an aromatic ring is 1. The largest absolute Gasteiger partial charge is 0.398 e. The summed E-state index contributed by atoms with van der Waals surface area (Å²) in [6, 6.07) is 7.71. The maximum absolute atomic E-state index is 12.9. The van der Waals surface area contributed by atoms with Gasteiger partial charge in [-0.15, -0.1) is 0 Å². The second-order valence-electron chi connectivity index (χ2n) is 3.84. The lowest BCUT2D eigenvalue weighted by Gasteiger charge is -2.05. The number of rotatable bonds is 4. The Morgan fingerprint density at radius 2 is 2.17 bits per heavy atom. The van der Waals surface area contributed by atoms with Crippen LogP contribution in [0, 0.1) is 5.82 Å². The Balaban J connectivity index is 2.04. The van der Waals surface area contributed by atoms with E-state index in [1.54, 1.807) is 12.4 Å². The molecule has 0 aliphatic carbocycles. The van der Waals surface area contributed by atoms with E-state index < -0.39 is 16.6 Å². The van der Waals surface area contributed by atoms with Crippen LogP contribution in [0.15, 0.2) is 47.6 Å². The summed E-state index contributed by atoms with van der Waals surface area (Å²) in [7, 11) is -1.22. The molecule has 2 N–H and O–H groups in total. The zero-order chi connectivity index (χ0) is 13.0. The summed E-state index contributed by atoms with van der Waals surface area (Å²) in [6.45, 7) is 0. The Bertz CT molecular complexity index is 560. The van der Waals surface area contributed by atoms with Gasteiger partial charge in [0.05, 0.1) is 21.4 Å². The van der Waals surface area contributed by atoms with Crippen molar-refractivity contribution in [2.45, 2.75) is 11.3 Å². The molecule has 18 heavy (non-hydrogen) atoms. The Labute approximate surface area is 107 Å². The first kappa shape index (κ1) is 12.7. The average molecular weight is 264 g/mol. The van der Waals surface area contributed by atoms with Crippen LogP contribution in [0.3, 0.4) is 0 Å². The van der Waals surface area contributed by atoms with E-state index in [1.165, 1.54) is 18.2 Å². The molecule has 0 aliphatic heterocycles. The van der Waals surface area contributed by atoms with Crippen LogP contribution in [0.4, 0.5) is 10.1 Å². The highest BCUT2D eigenvalue weighted by Crippen LogP contribution is 2.18. The number of aromatic nitrogens is 1. The molecular weight excluding hydrogens is 251 g/mol. The zero-order valence-corrected chi connectivity index (χ0v) is 10.5. The topological polar surface area (TPSA) is 56.0 Å². The minimum absolute atomic E-state index is 0.236. The number of benzene rings is 1. The molecule has 94 valence electrons. The summed E-state index contributed by atoms with van der Waals surface area (Å²) in [4.78, 5) is 4.48. The van der Waals surface area contributed by atoms with E-state index in [2.05, 4.69) is 4.98 Å². The predicted molar refractivity (Wildman–Crippen MR) is 70.0 cm³/mol. The van der Waals surface area contributed by atoms with Gasteiger partial charge in [-0.2, -0.15) is 0 Å². The number of aryl methyl sites for hydroxylation is 1. The number of hydrogen-bond donors (Lipinski definition) is 1. The maximum atomic E-state index is 12.9. The summed E-state index contributed by atoms with van der Waals surface area (Å²) in [5, 5.41) is 0. The Hall–Kier alpha value is -1.75. The first-order chi connectivity index (χ1) is 8.66. The van der Waals surface area contributed by atoms with Gasteiger partial charge in [0, 0.05) is 18.1 Å². The lowest BCUT2D eigenvalue weighted by atomic mass is 10.2. The molecule has 3 nitrogen and oxygen atoms in total. The molecule has 1 heterocycles. The van der Waals surface area contributed by atoms with E-state index in [4.69, 9.17) is 5.73 Å². The van der Waals surface area contributed by atoms with Crippen LogP contribution in [0.5, 0.6) is 0 Å². The van der Waals surface area contributed by atoms with Crippen LogP contribution in [0.1, 0.15) is 5.56 Å². The molecule has 1 aromatic carbocycles. The van der Waals surface area contributed by atoms with Crippen molar-refractivity contribution in [2.24, 2.45) is 0 Å². The number of nitrogens with zero attached hydrogens (tertiary/aromatic N) is 1. The van der Waals surface area contributed by atoms with E-state index in [0.717, 1.165) is 5.56 Å². The molecule has 1 atom stereocenters. The van der Waals surface area contributed by atoms with Gasteiger partial charge in [-0.25, -0.2) is 4.39 Å². The molecule has 0 spiro atoms. The lowest BCUT2D eigenvalue weighted by molar-refractivity contribution is 0.627. The Kier molecular flexibility index (Phi) is 4.04. The summed E-state index contributed by atoms with van der Waals surface area (Å²) < 4.78 is 24.9. The maximum Gasteiger partial charge on any atom is 0.125 e. The summed E-state index contributed by atoms with van der Waals surface area (Å²) in [5.41, 5.74) is 6.90. The van der Waals surface area contributed by atoms with Crippen LogP contribution in [-0.4, -0.2) is 14.9 Å². The van der Waals surface area contributed by atoms with Gasteiger partial charge in [0.15, 0.2) is 0 Å². The predicted octanol–water partition coefficient (Wildman–Crippen LogP) is 2.15. The molecule has 2 aromatic rings. The minimum atomic E-state index is -1.22. The quantitative estimate of drug-likeness (QED) is 0.861. The first-order valence-corrected chi connectivity index (χ1v) is 6.81. The van der Waals surface area contributed by atoms with Crippen molar-refractivity contribution in [1.29, 1.82) is 0 Å².